The molecule has 1 fully saturated rings. The Morgan fingerprint density at radius 2 is 1.63 bits per heavy atom. The minimum atomic E-state index is -3.29. The molecule has 2 rings (SSSR count). The number of carbonyl (C=O) groups excluding carboxylic acids is 1. The number of benzene rings is 1. The monoisotopic (exact) mass is 285 g/mol. The summed E-state index contributed by atoms with van der Waals surface area (Å²) in [6.45, 7) is 0.154. The molecule has 7 heteroatoms. The lowest BCUT2D eigenvalue weighted by Crippen LogP contribution is -2.29. The van der Waals surface area contributed by atoms with E-state index in [2.05, 4.69) is 0 Å². The predicted molar refractivity (Wildman–Crippen MR) is 67.5 cm³/mol. The number of carbonyl (C=O) groups is 1. The minimum Gasteiger partial charge on any atom is -0.388 e. The first-order chi connectivity index (χ1) is 8.79. The van der Waals surface area contributed by atoms with Crippen LogP contribution in [0.2, 0.25) is 0 Å². The molecule has 2 atom stereocenters. The number of hydrogen-bond donors (Lipinski definition) is 2. The van der Waals surface area contributed by atoms with Gasteiger partial charge in [-0.3, -0.25) is 4.79 Å². The van der Waals surface area contributed by atoms with Crippen molar-refractivity contribution in [2.24, 2.45) is 0 Å². The van der Waals surface area contributed by atoms with E-state index < -0.39 is 22.0 Å². The lowest BCUT2D eigenvalue weighted by atomic mass is 10.2. The summed E-state index contributed by atoms with van der Waals surface area (Å²) in [4.78, 5) is 13.5. The Bertz CT molecular complexity index is 571. The minimum absolute atomic E-state index is 0.0772. The molecule has 1 amide bonds. The zero-order chi connectivity index (χ0) is 14.2. The van der Waals surface area contributed by atoms with Crippen molar-refractivity contribution in [1.82, 2.24) is 4.90 Å². The number of sulfone groups is 1. The summed E-state index contributed by atoms with van der Waals surface area (Å²) in [5, 5.41) is 18.8. The zero-order valence-corrected chi connectivity index (χ0v) is 11.2. The van der Waals surface area contributed by atoms with E-state index in [1.54, 1.807) is 0 Å². The molecule has 6 nitrogen and oxygen atoms in total. The number of amides is 1. The smallest absolute Gasteiger partial charge is 0.254 e. The van der Waals surface area contributed by atoms with Crippen molar-refractivity contribution in [2.45, 2.75) is 17.1 Å². The Hall–Kier alpha value is -1.44. The Labute approximate surface area is 111 Å². The second-order valence-electron chi connectivity index (χ2n) is 4.64. The molecular weight excluding hydrogens is 270 g/mol. The highest BCUT2D eigenvalue weighted by Gasteiger charge is 2.32. The maximum Gasteiger partial charge on any atom is 0.254 e. The molecule has 1 saturated heterocycles. The summed E-state index contributed by atoms with van der Waals surface area (Å²) >= 11 is 0. The van der Waals surface area contributed by atoms with Gasteiger partial charge in [0.2, 0.25) is 0 Å². The van der Waals surface area contributed by atoms with Crippen LogP contribution in [0.3, 0.4) is 0 Å². The molecule has 2 N–H and O–H groups in total. The van der Waals surface area contributed by atoms with Gasteiger partial charge in [-0.1, -0.05) is 0 Å². The molecule has 0 spiro atoms. The van der Waals surface area contributed by atoms with E-state index in [0.29, 0.717) is 5.56 Å². The van der Waals surface area contributed by atoms with Crippen molar-refractivity contribution >= 4 is 15.7 Å². The standard InChI is InChI=1S/C12H15NO5S/c1-19(17,18)9-4-2-8(3-5-9)12(16)13-6-10(14)11(15)7-13/h2-5,10-11,14-15H,6-7H2,1H3/t10-,11+. The third-order valence-corrected chi connectivity index (χ3v) is 4.20. The van der Waals surface area contributed by atoms with E-state index in [1.165, 1.54) is 29.2 Å². The van der Waals surface area contributed by atoms with Crippen LogP contribution >= 0.6 is 0 Å². The summed E-state index contributed by atoms with van der Waals surface area (Å²) in [6, 6.07) is 5.59. The average Bonchev–Trinajstić information content (AvgIpc) is 2.68. The molecular formula is C12H15NO5S. The molecule has 1 aliphatic rings. The molecule has 1 aromatic rings. The van der Waals surface area contributed by atoms with Gasteiger partial charge in [0.15, 0.2) is 9.84 Å². The Balaban J connectivity index is 2.17. The lowest BCUT2D eigenvalue weighted by Gasteiger charge is -2.15. The quantitative estimate of drug-likeness (QED) is 0.747. The summed E-state index contributed by atoms with van der Waals surface area (Å²) in [5.74, 6) is -0.337. The molecule has 104 valence electrons. The number of β-amino-alcohol motifs (C(OH)–C–C–N with tert-alkyl or cyclic N) is 2. The lowest BCUT2D eigenvalue weighted by molar-refractivity contribution is 0.0572. The van der Waals surface area contributed by atoms with Gasteiger partial charge >= 0.3 is 0 Å². The summed E-state index contributed by atoms with van der Waals surface area (Å²) in [7, 11) is -3.29. The number of aliphatic hydroxyl groups excluding tert-OH is 2. The van der Waals surface area contributed by atoms with Gasteiger partial charge in [0.25, 0.3) is 5.91 Å². The zero-order valence-electron chi connectivity index (χ0n) is 10.4. The predicted octanol–water partition coefficient (Wildman–Crippen LogP) is -0.732. The van der Waals surface area contributed by atoms with E-state index in [0.717, 1.165) is 6.26 Å². The third-order valence-electron chi connectivity index (χ3n) is 3.08. The number of likely N-dealkylation sites (tertiary alicyclic amines) is 1. The van der Waals surface area contributed by atoms with Crippen LogP contribution in [0.25, 0.3) is 0 Å². The summed E-state index contributed by atoms with van der Waals surface area (Å²) < 4.78 is 22.6. The van der Waals surface area contributed by atoms with Gasteiger partial charge < -0.3 is 15.1 Å². The van der Waals surface area contributed by atoms with Crippen LogP contribution in [-0.2, 0) is 9.84 Å². The molecule has 19 heavy (non-hydrogen) atoms. The fourth-order valence-electron chi connectivity index (χ4n) is 1.96. The maximum atomic E-state index is 12.1. The largest absolute Gasteiger partial charge is 0.388 e. The van der Waals surface area contributed by atoms with Crippen LogP contribution in [0, 0.1) is 0 Å². The van der Waals surface area contributed by atoms with Crippen LogP contribution in [0.5, 0.6) is 0 Å². The van der Waals surface area contributed by atoms with Crippen LogP contribution in [0.4, 0.5) is 0 Å². The Morgan fingerprint density at radius 3 is 2.05 bits per heavy atom. The van der Waals surface area contributed by atoms with E-state index in [4.69, 9.17) is 0 Å². The molecule has 0 bridgehead atoms. The van der Waals surface area contributed by atoms with Crippen LogP contribution in [0.1, 0.15) is 10.4 Å². The molecule has 1 aromatic carbocycles. The van der Waals surface area contributed by atoms with Crippen molar-refractivity contribution in [3.05, 3.63) is 29.8 Å². The summed E-state index contributed by atoms with van der Waals surface area (Å²) in [5.41, 5.74) is 0.328. The van der Waals surface area contributed by atoms with Gasteiger partial charge in [0, 0.05) is 24.9 Å². The molecule has 0 saturated carbocycles. The van der Waals surface area contributed by atoms with Crippen molar-refractivity contribution in [2.75, 3.05) is 19.3 Å². The average molecular weight is 285 g/mol. The Morgan fingerprint density at radius 1 is 1.16 bits per heavy atom. The van der Waals surface area contributed by atoms with Gasteiger partial charge in [-0.05, 0) is 24.3 Å². The van der Waals surface area contributed by atoms with Gasteiger partial charge in [0.1, 0.15) is 0 Å². The topological polar surface area (TPSA) is 94.9 Å². The molecule has 1 aliphatic heterocycles. The molecule has 0 radical (unpaired) electrons. The second-order valence-corrected chi connectivity index (χ2v) is 6.66. The highest BCUT2D eigenvalue weighted by atomic mass is 32.2. The van der Waals surface area contributed by atoms with Crippen molar-refractivity contribution in [3.8, 4) is 0 Å². The fourth-order valence-corrected chi connectivity index (χ4v) is 2.59. The van der Waals surface area contributed by atoms with E-state index in [1.807, 2.05) is 0 Å². The SMILES string of the molecule is CS(=O)(=O)c1ccc(C(=O)N2C[C@@H](O)[C@@H](O)C2)cc1. The molecule has 0 aliphatic carbocycles. The first-order valence-corrected chi connectivity index (χ1v) is 7.63. The maximum absolute atomic E-state index is 12.1. The molecule has 0 unspecified atom stereocenters. The van der Waals surface area contributed by atoms with Crippen LogP contribution < -0.4 is 0 Å². The van der Waals surface area contributed by atoms with Crippen molar-refractivity contribution in [1.29, 1.82) is 0 Å². The van der Waals surface area contributed by atoms with Gasteiger partial charge in [0.05, 0.1) is 17.1 Å². The molecule has 1 heterocycles. The highest BCUT2D eigenvalue weighted by molar-refractivity contribution is 7.90. The van der Waals surface area contributed by atoms with E-state index in [9.17, 15) is 23.4 Å². The van der Waals surface area contributed by atoms with Crippen LogP contribution in [0.15, 0.2) is 29.2 Å². The van der Waals surface area contributed by atoms with E-state index >= 15 is 0 Å². The number of aliphatic hydroxyl groups is 2. The van der Waals surface area contributed by atoms with Crippen molar-refractivity contribution in [3.63, 3.8) is 0 Å². The van der Waals surface area contributed by atoms with Gasteiger partial charge in [-0.15, -0.1) is 0 Å². The highest BCUT2D eigenvalue weighted by Crippen LogP contribution is 2.16. The van der Waals surface area contributed by atoms with Gasteiger partial charge in [-0.2, -0.15) is 0 Å². The van der Waals surface area contributed by atoms with Crippen molar-refractivity contribution < 1.29 is 23.4 Å². The van der Waals surface area contributed by atoms with Crippen LogP contribution in [-0.4, -0.2) is 61.0 Å². The molecule has 0 aromatic heterocycles. The summed E-state index contributed by atoms with van der Waals surface area (Å²) in [6.07, 6.45) is -0.768. The van der Waals surface area contributed by atoms with E-state index in [-0.39, 0.29) is 23.9 Å². The first kappa shape index (κ1) is 14.0. The normalized spacial score (nSPS) is 23.6. The fraction of sp³-hybridized carbons (Fsp3) is 0.417. The number of nitrogens with zero attached hydrogens (tertiary/aromatic N) is 1. The number of hydrogen-bond acceptors (Lipinski definition) is 5. The first-order valence-electron chi connectivity index (χ1n) is 5.74. The second kappa shape index (κ2) is 4.92. The number of rotatable bonds is 2. The Kier molecular flexibility index (Phi) is 3.62. The third kappa shape index (κ3) is 2.94. The van der Waals surface area contributed by atoms with Gasteiger partial charge in [-0.25, -0.2) is 8.42 Å².